The number of para-hydroxylation sites is 1. The average Bonchev–Trinajstić information content (AvgIpc) is 2.35. The number of nitrogens with two attached hydrogens (primary N) is 1. The van der Waals surface area contributed by atoms with Crippen LogP contribution < -0.4 is 10.6 Å². The molecule has 0 aliphatic heterocycles. The first-order valence-electron chi connectivity index (χ1n) is 6.73. The molecule has 0 fully saturated rings. The van der Waals surface area contributed by atoms with E-state index in [1.54, 1.807) is 0 Å². The second kappa shape index (κ2) is 5.12. The van der Waals surface area contributed by atoms with E-state index in [4.69, 9.17) is 11.1 Å². The SMILES string of the molecule is CN(CC(C)(C)C)c1nc2ccccc2cc1C(=N)N. The molecule has 1 aromatic heterocycles. The highest BCUT2D eigenvalue weighted by Gasteiger charge is 2.18. The van der Waals surface area contributed by atoms with Crippen LogP contribution in [0.15, 0.2) is 30.3 Å². The maximum atomic E-state index is 7.79. The average molecular weight is 270 g/mol. The van der Waals surface area contributed by atoms with E-state index in [1.165, 1.54) is 0 Å². The van der Waals surface area contributed by atoms with Crippen LogP contribution in [0.5, 0.6) is 0 Å². The van der Waals surface area contributed by atoms with Crippen LogP contribution in [0.1, 0.15) is 26.3 Å². The second-order valence-corrected chi connectivity index (χ2v) is 6.38. The third kappa shape index (κ3) is 3.07. The van der Waals surface area contributed by atoms with Gasteiger partial charge in [0.25, 0.3) is 0 Å². The van der Waals surface area contributed by atoms with Gasteiger partial charge in [-0.3, -0.25) is 5.41 Å². The molecule has 20 heavy (non-hydrogen) atoms. The normalized spacial score (nSPS) is 11.6. The van der Waals surface area contributed by atoms with Gasteiger partial charge in [0.2, 0.25) is 0 Å². The lowest BCUT2D eigenvalue weighted by Gasteiger charge is -2.29. The van der Waals surface area contributed by atoms with Crippen molar-refractivity contribution in [1.29, 1.82) is 5.41 Å². The summed E-state index contributed by atoms with van der Waals surface area (Å²) in [6.07, 6.45) is 0. The van der Waals surface area contributed by atoms with Crippen LogP contribution in [0.2, 0.25) is 0 Å². The molecule has 0 saturated heterocycles. The maximum Gasteiger partial charge on any atom is 0.140 e. The minimum absolute atomic E-state index is 0.0546. The van der Waals surface area contributed by atoms with Crippen molar-refractivity contribution in [2.45, 2.75) is 20.8 Å². The lowest BCUT2D eigenvalue weighted by molar-refractivity contribution is 0.418. The van der Waals surface area contributed by atoms with E-state index >= 15 is 0 Å². The standard InChI is InChI=1S/C16H22N4/c1-16(2,3)10-20(4)15-12(14(17)18)9-11-7-5-6-8-13(11)19-15/h5-9H,10H2,1-4H3,(H3,17,18). The van der Waals surface area contributed by atoms with Crippen molar-refractivity contribution in [1.82, 2.24) is 4.98 Å². The van der Waals surface area contributed by atoms with E-state index in [-0.39, 0.29) is 11.3 Å². The van der Waals surface area contributed by atoms with Gasteiger partial charge in [-0.15, -0.1) is 0 Å². The molecule has 0 atom stereocenters. The number of rotatable bonds is 3. The number of nitrogens with zero attached hydrogens (tertiary/aromatic N) is 2. The summed E-state index contributed by atoms with van der Waals surface area (Å²) in [5.74, 6) is 0.824. The van der Waals surface area contributed by atoms with Crippen molar-refractivity contribution < 1.29 is 0 Å². The van der Waals surface area contributed by atoms with Crippen molar-refractivity contribution in [2.75, 3.05) is 18.5 Å². The number of hydrogen-bond acceptors (Lipinski definition) is 3. The minimum Gasteiger partial charge on any atom is -0.384 e. The van der Waals surface area contributed by atoms with Gasteiger partial charge in [0, 0.05) is 19.0 Å². The van der Waals surface area contributed by atoms with Gasteiger partial charge in [-0.05, 0) is 17.5 Å². The molecular formula is C16H22N4. The molecule has 0 radical (unpaired) electrons. The first-order valence-corrected chi connectivity index (χ1v) is 6.73. The molecule has 4 heteroatoms. The Kier molecular flexibility index (Phi) is 3.66. The van der Waals surface area contributed by atoms with Gasteiger partial charge in [-0.1, -0.05) is 39.0 Å². The van der Waals surface area contributed by atoms with Crippen LogP contribution in [-0.4, -0.2) is 24.4 Å². The van der Waals surface area contributed by atoms with Crippen molar-refractivity contribution in [3.63, 3.8) is 0 Å². The Bertz CT molecular complexity index is 640. The Labute approximate surface area is 120 Å². The highest BCUT2D eigenvalue weighted by molar-refractivity contribution is 6.02. The summed E-state index contributed by atoms with van der Waals surface area (Å²) < 4.78 is 0. The lowest BCUT2D eigenvalue weighted by atomic mass is 9.96. The summed E-state index contributed by atoms with van der Waals surface area (Å²) in [7, 11) is 1.99. The Morgan fingerprint density at radius 1 is 1.30 bits per heavy atom. The molecule has 2 rings (SSSR count). The first kappa shape index (κ1) is 14.3. The monoisotopic (exact) mass is 270 g/mol. The second-order valence-electron chi connectivity index (χ2n) is 6.38. The van der Waals surface area contributed by atoms with E-state index in [0.29, 0.717) is 5.56 Å². The number of anilines is 1. The molecule has 1 aromatic carbocycles. The molecule has 0 saturated carbocycles. The predicted octanol–water partition coefficient (Wildman–Crippen LogP) is 3.00. The fourth-order valence-corrected chi connectivity index (χ4v) is 2.38. The zero-order chi connectivity index (χ0) is 14.9. The van der Waals surface area contributed by atoms with Gasteiger partial charge in [0.1, 0.15) is 11.7 Å². The van der Waals surface area contributed by atoms with E-state index in [1.807, 2.05) is 37.4 Å². The number of aromatic nitrogens is 1. The van der Waals surface area contributed by atoms with Crippen LogP contribution >= 0.6 is 0 Å². The predicted molar refractivity (Wildman–Crippen MR) is 85.5 cm³/mol. The highest BCUT2D eigenvalue weighted by Crippen LogP contribution is 2.25. The molecule has 106 valence electrons. The molecular weight excluding hydrogens is 248 g/mol. The summed E-state index contributed by atoms with van der Waals surface area (Å²) >= 11 is 0. The van der Waals surface area contributed by atoms with E-state index in [0.717, 1.165) is 23.3 Å². The summed E-state index contributed by atoms with van der Waals surface area (Å²) in [5.41, 5.74) is 7.49. The number of benzene rings is 1. The van der Waals surface area contributed by atoms with Gasteiger partial charge in [-0.2, -0.15) is 0 Å². The van der Waals surface area contributed by atoms with Crippen molar-refractivity contribution in [3.8, 4) is 0 Å². The fourth-order valence-electron chi connectivity index (χ4n) is 2.38. The molecule has 0 unspecified atom stereocenters. The van der Waals surface area contributed by atoms with Gasteiger partial charge in [-0.25, -0.2) is 4.98 Å². The van der Waals surface area contributed by atoms with E-state index in [9.17, 15) is 0 Å². The summed E-state index contributed by atoms with van der Waals surface area (Å²) in [6.45, 7) is 7.38. The molecule has 0 aliphatic rings. The molecule has 4 nitrogen and oxygen atoms in total. The number of hydrogen-bond donors (Lipinski definition) is 2. The Morgan fingerprint density at radius 3 is 2.55 bits per heavy atom. The van der Waals surface area contributed by atoms with Crippen molar-refractivity contribution >= 4 is 22.6 Å². The third-order valence-electron chi connectivity index (χ3n) is 3.07. The summed E-state index contributed by atoms with van der Waals surface area (Å²) in [5, 5.41) is 8.79. The van der Waals surface area contributed by atoms with Crippen molar-refractivity contribution in [3.05, 3.63) is 35.9 Å². The molecule has 0 amide bonds. The van der Waals surface area contributed by atoms with Crippen LogP contribution in [0.3, 0.4) is 0 Å². The molecule has 0 bridgehead atoms. The molecule has 3 N–H and O–H groups in total. The summed E-state index contributed by atoms with van der Waals surface area (Å²) in [4.78, 5) is 6.76. The van der Waals surface area contributed by atoms with E-state index < -0.39 is 0 Å². The number of nitrogens with one attached hydrogen (secondary N) is 1. The smallest absolute Gasteiger partial charge is 0.140 e. The van der Waals surface area contributed by atoms with Crippen LogP contribution in [0, 0.1) is 10.8 Å². The van der Waals surface area contributed by atoms with Crippen LogP contribution in [0.4, 0.5) is 5.82 Å². The summed E-state index contributed by atoms with van der Waals surface area (Å²) in [6, 6.07) is 9.85. The maximum absolute atomic E-state index is 7.79. The first-order chi connectivity index (χ1) is 9.28. The quantitative estimate of drug-likeness (QED) is 0.665. The molecule has 0 spiro atoms. The third-order valence-corrected chi connectivity index (χ3v) is 3.07. The number of nitrogen functional groups attached to an aromatic ring is 1. The van der Waals surface area contributed by atoms with E-state index in [2.05, 4.69) is 30.7 Å². The highest BCUT2D eigenvalue weighted by atomic mass is 15.2. The lowest BCUT2D eigenvalue weighted by Crippen LogP contribution is -2.31. The number of pyridine rings is 1. The minimum atomic E-state index is 0.0546. The molecule has 2 aromatic rings. The molecule has 1 heterocycles. The van der Waals surface area contributed by atoms with Crippen molar-refractivity contribution in [2.24, 2.45) is 11.1 Å². The Balaban J connectivity index is 2.55. The number of amidine groups is 1. The van der Waals surface area contributed by atoms with Gasteiger partial charge >= 0.3 is 0 Å². The topological polar surface area (TPSA) is 66.0 Å². The van der Waals surface area contributed by atoms with Crippen LogP contribution in [0.25, 0.3) is 10.9 Å². The Morgan fingerprint density at radius 2 is 1.95 bits per heavy atom. The zero-order valence-electron chi connectivity index (χ0n) is 12.6. The molecule has 0 aliphatic carbocycles. The van der Waals surface area contributed by atoms with Crippen LogP contribution in [-0.2, 0) is 0 Å². The number of fused-ring (bicyclic) bond motifs is 1. The fraction of sp³-hybridized carbons (Fsp3) is 0.375. The van der Waals surface area contributed by atoms with Gasteiger partial charge in [0.15, 0.2) is 0 Å². The largest absolute Gasteiger partial charge is 0.384 e. The zero-order valence-corrected chi connectivity index (χ0v) is 12.6. The van der Waals surface area contributed by atoms with Gasteiger partial charge < -0.3 is 10.6 Å². The van der Waals surface area contributed by atoms with Gasteiger partial charge in [0.05, 0.1) is 11.1 Å². The Hall–Kier alpha value is -2.10.